The van der Waals surface area contributed by atoms with Crippen LogP contribution in [0.4, 0.5) is 4.39 Å². The van der Waals surface area contributed by atoms with E-state index in [0.29, 0.717) is 0 Å². The van der Waals surface area contributed by atoms with Gasteiger partial charge in [0, 0.05) is 12.7 Å². The van der Waals surface area contributed by atoms with Crippen molar-refractivity contribution >= 4 is 10.9 Å². The van der Waals surface area contributed by atoms with Crippen LogP contribution in [0, 0.1) is 12.7 Å². The van der Waals surface area contributed by atoms with Crippen molar-refractivity contribution in [3.63, 3.8) is 0 Å². The SMILES string of the molecule is Cc1cccc2ccn(Cc3ccc(F)cc3)c12. The number of hydrogen-bond acceptors (Lipinski definition) is 0. The second kappa shape index (κ2) is 4.30. The molecule has 0 aliphatic carbocycles. The molecule has 0 unspecified atom stereocenters. The van der Waals surface area contributed by atoms with E-state index in [1.54, 1.807) is 0 Å². The molecule has 0 bridgehead atoms. The third-order valence-electron chi connectivity index (χ3n) is 3.26. The molecule has 1 heterocycles. The van der Waals surface area contributed by atoms with Gasteiger partial charge in [-0.2, -0.15) is 0 Å². The molecule has 2 heteroatoms. The quantitative estimate of drug-likeness (QED) is 0.633. The summed E-state index contributed by atoms with van der Waals surface area (Å²) < 4.78 is 15.1. The van der Waals surface area contributed by atoms with Gasteiger partial charge in [0.2, 0.25) is 0 Å². The van der Waals surface area contributed by atoms with Crippen LogP contribution in [-0.4, -0.2) is 4.57 Å². The third kappa shape index (κ3) is 1.90. The topological polar surface area (TPSA) is 4.93 Å². The van der Waals surface area contributed by atoms with Gasteiger partial charge in [-0.15, -0.1) is 0 Å². The van der Waals surface area contributed by atoms with Crippen molar-refractivity contribution in [2.24, 2.45) is 0 Å². The van der Waals surface area contributed by atoms with Gasteiger partial charge in [-0.05, 0) is 41.6 Å². The van der Waals surface area contributed by atoms with Crippen LogP contribution in [-0.2, 0) is 6.54 Å². The number of hydrogen-bond donors (Lipinski definition) is 0. The Hall–Kier alpha value is -2.09. The van der Waals surface area contributed by atoms with Gasteiger partial charge in [0.05, 0.1) is 5.52 Å². The van der Waals surface area contributed by atoms with Crippen molar-refractivity contribution in [2.75, 3.05) is 0 Å². The zero-order chi connectivity index (χ0) is 12.5. The summed E-state index contributed by atoms with van der Waals surface area (Å²) >= 11 is 0. The molecule has 1 nitrogen and oxygen atoms in total. The molecular formula is C16H14FN. The maximum Gasteiger partial charge on any atom is 0.123 e. The molecule has 1 aromatic heterocycles. The van der Waals surface area contributed by atoms with Crippen LogP contribution < -0.4 is 0 Å². The minimum Gasteiger partial charge on any atom is -0.343 e. The molecule has 0 amide bonds. The zero-order valence-corrected chi connectivity index (χ0v) is 10.2. The number of fused-ring (bicyclic) bond motifs is 1. The van der Waals surface area contributed by atoms with Gasteiger partial charge in [0.15, 0.2) is 0 Å². The largest absolute Gasteiger partial charge is 0.343 e. The summed E-state index contributed by atoms with van der Waals surface area (Å²) in [5, 5.41) is 1.25. The minimum atomic E-state index is -0.188. The molecule has 2 aromatic carbocycles. The minimum absolute atomic E-state index is 0.188. The molecule has 0 saturated heterocycles. The number of halogens is 1. The Bertz CT molecular complexity index is 680. The van der Waals surface area contributed by atoms with Gasteiger partial charge in [-0.3, -0.25) is 0 Å². The van der Waals surface area contributed by atoms with E-state index >= 15 is 0 Å². The smallest absolute Gasteiger partial charge is 0.123 e. The number of aromatic nitrogens is 1. The fourth-order valence-electron chi connectivity index (χ4n) is 2.37. The highest BCUT2D eigenvalue weighted by atomic mass is 19.1. The van der Waals surface area contributed by atoms with E-state index in [-0.39, 0.29) is 5.82 Å². The van der Waals surface area contributed by atoms with E-state index in [9.17, 15) is 4.39 Å². The Morgan fingerprint density at radius 3 is 2.56 bits per heavy atom. The summed E-state index contributed by atoms with van der Waals surface area (Å²) in [6, 6.07) is 15.1. The molecule has 3 aromatic rings. The van der Waals surface area contributed by atoms with E-state index in [4.69, 9.17) is 0 Å². The lowest BCUT2D eigenvalue weighted by Gasteiger charge is -2.07. The van der Waals surface area contributed by atoms with Crippen molar-refractivity contribution in [1.29, 1.82) is 0 Å². The van der Waals surface area contributed by atoms with Gasteiger partial charge in [-0.1, -0.05) is 30.3 Å². The Morgan fingerprint density at radius 2 is 1.78 bits per heavy atom. The Morgan fingerprint density at radius 1 is 1.00 bits per heavy atom. The highest BCUT2D eigenvalue weighted by molar-refractivity contribution is 5.83. The molecule has 18 heavy (non-hydrogen) atoms. The molecule has 3 rings (SSSR count). The molecule has 0 aliphatic heterocycles. The lowest BCUT2D eigenvalue weighted by Crippen LogP contribution is -1.98. The lowest BCUT2D eigenvalue weighted by atomic mass is 10.1. The van der Waals surface area contributed by atoms with E-state index in [0.717, 1.165) is 12.1 Å². The highest BCUT2D eigenvalue weighted by Gasteiger charge is 2.04. The first-order valence-corrected chi connectivity index (χ1v) is 6.03. The molecule has 0 N–H and O–H groups in total. The predicted molar refractivity (Wildman–Crippen MR) is 72.2 cm³/mol. The number of rotatable bonds is 2. The van der Waals surface area contributed by atoms with Crippen LogP contribution in [0.1, 0.15) is 11.1 Å². The highest BCUT2D eigenvalue weighted by Crippen LogP contribution is 2.20. The molecule has 0 aliphatic rings. The third-order valence-corrected chi connectivity index (χ3v) is 3.26. The van der Waals surface area contributed by atoms with E-state index in [2.05, 4.69) is 42.0 Å². The Labute approximate surface area is 105 Å². The van der Waals surface area contributed by atoms with E-state index in [1.165, 1.54) is 28.6 Å². The standard InChI is InChI=1S/C16H14FN/c1-12-3-2-4-14-9-10-18(16(12)14)11-13-5-7-15(17)8-6-13/h2-10H,11H2,1H3. The van der Waals surface area contributed by atoms with Crippen LogP contribution in [0.15, 0.2) is 54.7 Å². The first-order valence-electron chi connectivity index (χ1n) is 6.03. The number of nitrogens with zero attached hydrogens (tertiary/aromatic N) is 1. The lowest BCUT2D eigenvalue weighted by molar-refractivity contribution is 0.626. The van der Waals surface area contributed by atoms with Gasteiger partial charge in [0.1, 0.15) is 5.82 Å². The van der Waals surface area contributed by atoms with Crippen molar-refractivity contribution in [3.05, 3.63) is 71.7 Å². The van der Waals surface area contributed by atoms with Crippen LogP contribution in [0.2, 0.25) is 0 Å². The van der Waals surface area contributed by atoms with Gasteiger partial charge in [0.25, 0.3) is 0 Å². The number of para-hydroxylation sites is 1. The van der Waals surface area contributed by atoms with Crippen molar-refractivity contribution in [1.82, 2.24) is 4.57 Å². The molecule has 0 radical (unpaired) electrons. The molecule has 0 atom stereocenters. The fraction of sp³-hybridized carbons (Fsp3) is 0.125. The monoisotopic (exact) mass is 239 g/mol. The molecule has 90 valence electrons. The maximum atomic E-state index is 12.9. The number of benzene rings is 2. The van der Waals surface area contributed by atoms with Crippen LogP contribution in [0.5, 0.6) is 0 Å². The van der Waals surface area contributed by atoms with E-state index in [1.807, 2.05) is 12.1 Å². The first kappa shape index (κ1) is 11.0. The second-order valence-corrected chi connectivity index (χ2v) is 4.58. The van der Waals surface area contributed by atoms with Crippen molar-refractivity contribution < 1.29 is 4.39 Å². The zero-order valence-electron chi connectivity index (χ0n) is 10.2. The second-order valence-electron chi connectivity index (χ2n) is 4.58. The van der Waals surface area contributed by atoms with Gasteiger partial charge in [-0.25, -0.2) is 4.39 Å². The normalized spacial score (nSPS) is 11.0. The summed E-state index contributed by atoms with van der Waals surface area (Å²) in [7, 11) is 0. The summed E-state index contributed by atoms with van der Waals surface area (Å²) in [4.78, 5) is 0. The average molecular weight is 239 g/mol. The molecule has 0 fully saturated rings. The summed E-state index contributed by atoms with van der Waals surface area (Å²) in [5.41, 5.74) is 3.62. The Balaban J connectivity index is 2.02. The predicted octanol–water partition coefficient (Wildman–Crippen LogP) is 4.14. The van der Waals surface area contributed by atoms with E-state index < -0.39 is 0 Å². The fourth-order valence-corrected chi connectivity index (χ4v) is 2.37. The molecule has 0 saturated carbocycles. The van der Waals surface area contributed by atoms with Gasteiger partial charge < -0.3 is 4.57 Å². The maximum absolute atomic E-state index is 12.9. The van der Waals surface area contributed by atoms with Gasteiger partial charge >= 0.3 is 0 Å². The first-order chi connectivity index (χ1) is 8.74. The number of aryl methyl sites for hydroxylation is 1. The average Bonchev–Trinajstić information content (AvgIpc) is 2.77. The van der Waals surface area contributed by atoms with Crippen molar-refractivity contribution in [2.45, 2.75) is 13.5 Å². The molecular weight excluding hydrogens is 225 g/mol. The summed E-state index contributed by atoms with van der Waals surface area (Å²) in [5.74, 6) is -0.188. The summed E-state index contributed by atoms with van der Waals surface area (Å²) in [6.07, 6.45) is 2.08. The van der Waals surface area contributed by atoms with Crippen molar-refractivity contribution in [3.8, 4) is 0 Å². The molecule has 0 spiro atoms. The van der Waals surface area contributed by atoms with Crippen LogP contribution in [0.3, 0.4) is 0 Å². The summed E-state index contributed by atoms with van der Waals surface area (Å²) in [6.45, 7) is 2.89. The Kier molecular flexibility index (Phi) is 2.63. The van der Waals surface area contributed by atoms with Crippen LogP contribution >= 0.6 is 0 Å². The van der Waals surface area contributed by atoms with Crippen LogP contribution in [0.25, 0.3) is 10.9 Å².